The van der Waals surface area contributed by atoms with Crippen LogP contribution in [0.5, 0.6) is 0 Å². The molecule has 0 bridgehead atoms. The smallest absolute Gasteiger partial charge is 0.368 e. The maximum absolute atomic E-state index is 12.5. The van der Waals surface area contributed by atoms with Crippen molar-refractivity contribution in [2.75, 3.05) is 6.54 Å². The van der Waals surface area contributed by atoms with Crippen LogP contribution in [0.4, 0.5) is 13.2 Å². The van der Waals surface area contributed by atoms with Crippen molar-refractivity contribution in [3.63, 3.8) is 0 Å². The van der Waals surface area contributed by atoms with Crippen LogP contribution in [0.3, 0.4) is 0 Å². The molecule has 1 rings (SSSR count). The third-order valence-corrected chi connectivity index (χ3v) is 3.16. The first-order chi connectivity index (χ1) is 8.16. The zero-order chi connectivity index (χ0) is 14.1. The molecule has 0 spiro atoms. The van der Waals surface area contributed by atoms with Crippen molar-refractivity contribution in [1.29, 1.82) is 0 Å². The minimum atomic E-state index is -4.89. The lowest BCUT2D eigenvalue weighted by Crippen LogP contribution is -2.54. The Morgan fingerprint density at radius 1 is 1.33 bits per heavy atom. The van der Waals surface area contributed by atoms with Gasteiger partial charge in [-0.15, -0.1) is 0 Å². The molecule has 1 amide bonds. The van der Waals surface area contributed by atoms with Crippen LogP contribution in [0, 0.1) is 5.92 Å². The van der Waals surface area contributed by atoms with E-state index in [2.05, 4.69) is 0 Å². The molecule has 2 N–H and O–H groups in total. The molecule has 7 heteroatoms. The molecule has 18 heavy (non-hydrogen) atoms. The minimum absolute atomic E-state index is 0.290. The van der Waals surface area contributed by atoms with E-state index in [-0.39, 0.29) is 6.54 Å². The summed E-state index contributed by atoms with van der Waals surface area (Å²) < 4.78 is 37.6. The summed E-state index contributed by atoms with van der Waals surface area (Å²) in [5.41, 5.74) is 5.16. The summed E-state index contributed by atoms with van der Waals surface area (Å²) in [6.07, 6.45) is -3.91. The van der Waals surface area contributed by atoms with Crippen LogP contribution in [0.25, 0.3) is 0 Å². The normalized spacial score (nSPS) is 23.3. The summed E-state index contributed by atoms with van der Waals surface area (Å²) in [4.78, 5) is 23.9. The van der Waals surface area contributed by atoms with Gasteiger partial charge in [-0.05, 0) is 25.3 Å². The van der Waals surface area contributed by atoms with Gasteiger partial charge in [-0.1, -0.05) is 13.8 Å². The molecule has 1 unspecified atom stereocenters. The van der Waals surface area contributed by atoms with Crippen LogP contribution in [-0.4, -0.2) is 41.4 Å². The van der Waals surface area contributed by atoms with Crippen LogP contribution in [0.1, 0.15) is 26.7 Å². The SMILES string of the molecule is CC(C)[C@@H](C(=O)C(F)(F)F)N1CCCC1C(N)=O. The van der Waals surface area contributed by atoms with E-state index in [0.717, 1.165) is 0 Å². The Kier molecular flexibility index (Phi) is 4.37. The van der Waals surface area contributed by atoms with Gasteiger partial charge in [-0.2, -0.15) is 13.2 Å². The van der Waals surface area contributed by atoms with E-state index in [1.54, 1.807) is 0 Å². The Balaban J connectivity index is 2.99. The number of hydrogen-bond donors (Lipinski definition) is 1. The molecule has 0 aromatic heterocycles. The number of nitrogens with two attached hydrogens (primary N) is 1. The zero-order valence-corrected chi connectivity index (χ0v) is 10.3. The van der Waals surface area contributed by atoms with Crippen LogP contribution in [0.15, 0.2) is 0 Å². The predicted octanol–water partition coefficient (Wildman–Crippen LogP) is 1.09. The molecular formula is C11H17F3N2O2. The number of halogens is 3. The number of Topliss-reactive ketones (excluding diaryl/α,β-unsaturated/α-hetero) is 1. The van der Waals surface area contributed by atoms with Gasteiger partial charge in [0.15, 0.2) is 0 Å². The second-order valence-corrected chi connectivity index (χ2v) is 4.85. The number of likely N-dealkylation sites (tertiary alicyclic amines) is 1. The standard InChI is InChI=1S/C11H17F3N2O2/c1-6(2)8(9(17)11(12,13)14)16-5-3-4-7(16)10(15)18/h6-8H,3-5H2,1-2H3,(H2,15,18)/t7?,8-/m0/s1. The van der Waals surface area contributed by atoms with Crippen molar-refractivity contribution in [2.24, 2.45) is 11.7 Å². The van der Waals surface area contributed by atoms with Crippen molar-refractivity contribution in [3.8, 4) is 0 Å². The molecular weight excluding hydrogens is 249 g/mol. The molecule has 0 aliphatic carbocycles. The van der Waals surface area contributed by atoms with Crippen molar-refractivity contribution in [2.45, 2.75) is 44.9 Å². The lowest BCUT2D eigenvalue weighted by atomic mass is 9.96. The minimum Gasteiger partial charge on any atom is -0.368 e. The topological polar surface area (TPSA) is 63.4 Å². The summed E-state index contributed by atoms with van der Waals surface area (Å²) in [6, 6.07) is -2.10. The molecule has 1 aliphatic heterocycles. The first-order valence-electron chi connectivity index (χ1n) is 5.82. The van der Waals surface area contributed by atoms with Crippen LogP contribution in [-0.2, 0) is 9.59 Å². The molecule has 0 radical (unpaired) electrons. The number of nitrogens with zero attached hydrogens (tertiary/aromatic N) is 1. The fourth-order valence-corrected chi connectivity index (χ4v) is 2.43. The molecule has 2 atom stereocenters. The van der Waals surface area contributed by atoms with E-state index < -0.39 is 35.9 Å². The zero-order valence-electron chi connectivity index (χ0n) is 10.3. The molecule has 0 aromatic rings. The first kappa shape index (κ1) is 14.9. The van der Waals surface area contributed by atoms with Gasteiger partial charge < -0.3 is 5.73 Å². The lowest BCUT2D eigenvalue weighted by molar-refractivity contribution is -0.179. The Bertz CT molecular complexity index is 342. The summed E-state index contributed by atoms with van der Waals surface area (Å²) >= 11 is 0. The van der Waals surface area contributed by atoms with E-state index in [0.29, 0.717) is 12.8 Å². The average Bonchev–Trinajstić information content (AvgIpc) is 2.64. The Morgan fingerprint density at radius 3 is 2.28 bits per heavy atom. The monoisotopic (exact) mass is 266 g/mol. The highest BCUT2D eigenvalue weighted by molar-refractivity contribution is 5.90. The number of carbonyl (C=O) groups excluding carboxylic acids is 2. The van der Waals surface area contributed by atoms with Crippen LogP contribution in [0.2, 0.25) is 0 Å². The summed E-state index contributed by atoms with van der Waals surface area (Å²) in [5.74, 6) is -3.00. The quantitative estimate of drug-likeness (QED) is 0.828. The number of ketones is 1. The second kappa shape index (κ2) is 5.26. The van der Waals surface area contributed by atoms with Crippen molar-refractivity contribution in [1.82, 2.24) is 4.90 Å². The van der Waals surface area contributed by atoms with Gasteiger partial charge in [0.25, 0.3) is 5.78 Å². The van der Waals surface area contributed by atoms with Gasteiger partial charge >= 0.3 is 6.18 Å². The summed E-state index contributed by atoms with van der Waals surface area (Å²) in [5, 5.41) is 0. The highest BCUT2D eigenvalue weighted by Gasteiger charge is 2.49. The van der Waals surface area contributed by atoms with Gasteiger partial charge in [-0.25, -0.2) is 0 Å². The number of hydrogen-bond acceptors (Lipinski definition) is 3. The molecule has 1 aliphatic rings. The number of primary amides is 1. The second-order valence-electron chi connectivity index (χ2n) is 4.85. The molecule has 104 valence electrons. The molecule has 1 fully saturated rings. The van der Waals surface area contributed by atoms with E-state index in [9.17, 15) is 22.8 Å². The lowest BCUT2D eigenvalue weighted by Gasteiger charge is -2.33. The number of amides is 1. The fourth-order valence-electron chi connectivity index (χ4n) is 2.43. The molecule has 4 nitrogen and oxygen atoms in total. The van der Waals surface area contributed by atoms with Crippen molar-refractivity contribution in [3.05, 3.63) is 0 Å². The van der Waals surface area contributed by atoms with E-state index in [1.165, 1.54) is 18.7 Å². The summed E-state index contributed by atoms with van der Waals surface area (Å²) in [7, 11) is 0. The highest BCUT2D eigenvalue weighted by Crippen LogP contribution is 2.29. The van der Waals surface area contributed by atoms with Crippen LogP contribution < -0.4 is 5.73 Å². The first-order valence-corrected chi connectivity index (χ1v) is 5.82. The number of alkyl halides is 3. The van der Waals surface area contributed by atoms with Crippen LogP contribution >= 0.6 is 0 Å². The van der Waals surface area contributed by atoms with Gasteiger partial charge in [0, 0.05) is 0 Å². The number of rotatable bonds is 4. The van der Waals surface area contributed by atoms with E-state index >= 15 is 0 Å². The van der Waals surface area contributed by atoms with Crippen molar-refractivity contribution >= 4 is 11.7 Å². The van der Waals surface area contributed by atoms with Gasteiger partial charge in [0.2, 0.25) is 5.91 Å². The molecule has 1 saturated heterocycles. The van der Waals surface area contributed by atoms with E-state index in [4.69, 9.17) is 5.73 Å². The average molecular weight is 266 g/mol. The Hall–Kier alpha value is -1.11. The Morgan fingerprint density at radius 2 is 1.89 bits per heavy atom. The van der Waals surface area contributed by atoms with Gasteiger partial charge in [0.1, 0.15) is 0 Å². The van der Waals surface area contributed by atoms with Gasteiger partial charge in [-0.3, -0.25) is 14.5 Å². The molecule has 0 aromatic carbocycles. The molecule has 1 heterocycles. The third-order valence-electron chi connectivity index (χ3n) is 3.16. The largest absolute Gasteiger partial charge is 0.451 e. The molecule has 0 saturated carbocycles. The number of carbonyl (C=O) groups is 2. The van der Waals surface area contributed by atoms with Crippen molar-refractivity contribution < 1.29 is 22.8 Å². The maximum Gasteiger partial charge on any atom is 0.451 e. The van der Waals surface area contributed by atoms with E-state index in [1.807, 2.05) is 0 Å². The highest BCUT2D eigenvalue weighted by atomic mass is 19.4. The predicted molar refractivity (Wildman–Crippen MR) is 58.6 cm³/mol. The van der Waals surface area contributed by atoms with Gasteiger partial charge in [0.05, 0.1) is 12.1 Å². The third kappa shape index (κ3) is 3.01. The Labute approximate surface area is 103 Å². The summed E-state index contributed by atoms with van der Waals surface area (Å²) in [6.45, 7) is 3.35. The maximum atomic E-state index is 12.5. The fraction of sp³-hybridized carbons (Fsp3) is 0.818.